The maximum atomic E-state index is 12.1. The van der Waals surface area contributed by atoms with Crippen molar-refractivity contribution in [3.8, 4) is 0 Å². The molecule has 1 spiro atoms. The molecule has 1 saturated carbocycles. The summed E-state index contributed by atoms with van der Waals surface area (Å²) in [5.74, 6) is -0.811. The van der Waals surface area contributed by atoms with Gasteiger partial charge < -0.3 is 9.47 Å². The summed E-state index contributed by atoms with van der Waals surface area (Å²) in [5.41, 5.74) is -0.396. The summed E-state index contributed by atoms with van der Waals surface area (Å²) < 4.78 is 10.7. The number of hydrogen-bond acceptors (Lipinski definition) is 4. The van der Waals surface area contributed by atoms with Crippen molar-refractivity contribution in [3.63, 3.8) is 0 Å². The van der Waals surface area contributed by atoms with Gasteiger partial charge in [0.25, 0.3) is 0 Å². The minimum atomic E-state index is -0.983. The van der Waals surface area contributed by atoms with E-state index in [1.54, 1.807) is 6.92 Å². The third-order valence-corrected chi connectivity index (χ3v) is 4.03. The van der Waals surface area contributed by atoms with Crippen molar-refractivity contribution in [3.05, 3.63) is 0 Å². The number of hydrogen-bond donors (Lipinski definition) is 0. The molecule has 0 amide bonds. The maximum absolute atomic E-state index is 12.1. The summed E-state index contributed by atoms with van der Waals surface area (Å²) in [6.07, 6.45) is 4.13. The zero-order valence-corrected chi connectivity index (χ0v) is 10.5. The molecule has 2 unspecified atom stereocenters. The molecule has 1 aliphatic heterocycles. The van der Waals surface area contributed by atoms with E-state index >= 15 is 0 Å². The van der Waals surface area contributed by atoms with E-state index in [0.717, 1.165) is 25.7 Å². The van der Waals surface area contributed by atoms with Crippen molar-refractivity contribution >= 4 is 11.8 Å². The van der Waals surface area contributed by atoms with Crippen LogP contribution < -0.4 is 0 Å². The van der Waals surface area contributed by atoms with Crippen LogP contribution in [-0.2, 0) is 19.1 Å². The lowest BCUT2D eigenvalue weighted by Gasteiger charge is -2.35. The maximum Gasteiger partial charge on any atom is 0.343 e. The Kier molecular flexibility index (Phi) is 3.52. The predicted octanol–water partition coefficient (Wildman–Crippen LogP) is 1.86. The van der Waals surface area contributed by atoms with Crippen molar-refractivity contribution in [2.45, 2.75) is 57.7 Å². The molecule has 2 atom stereocenters. The molecular weight excluding hydrogens is 220 g/mol. The van der Waals surface area contributed by atoms with Crippen molar-refractivity contribution in [2.24, 2.45) is 5.92 Å². The van der Waals surface area contributed by atoms with Crippen LogP contribution in [0, 0.1) is 5.92 Å². The van der Waals surface area contributed by atoms with E-state index in [1.165, 1.54) is 6.42 Å². The fourth-order valence-electron chi connectivity index (χ4n) is 2.96. The zero-order valence-electron chi connectivity index (χ0n) is 10.5. The molecule has 0 aromatic rings. The Labute approximate surface area is 102 Å². The van der Waals surface area contributed by atoms with E-state index in [2.05, 4.69) is 0 Å². The van der Waals surface area contributed by atoms with Gasteiger partial charge in [0.05, 0.1) is 12.2 Å². The molecule has 0 N–H and O–H groups in total. The van der Waals surface area contributed by atoms with E-state index in [0.29, 0.717) is 0 Å². The van der Waals surface area contributed by atoms with Gasteiger partial charge in [0.15, 0.2) is 5.78 Å². The van der Waals surface area contributed by atoms with Crippen LogP contribution in [0.5, 0.6) is 0 Å². The van der Waals surface area contributed by atoms with Crippen LogP contribution in [0.1, 0.15) is 46.0 Å². The van der Waals surface area contributed by atoms with Gasteiger partial charge in [-0.05, 0) is 19.8 Å². The van der Waals surface area contributed by atoms with Gasteiger partial charge in [0, 0.05) is 5.92 Å². The molecule has 1 saturated heterocycles. The number of carbonyl (C=O) groups excluding carboxylic acids is 2. The van der Waals surface area contributed by atoms with Crippen LogP contribution in [0.25, 0.3) is 0 Å². The molecule has 0 aromatic heterocycles. The number of esters is 1. The lowest BCUT2D eigenvalue weighted by molar-refractivity contribution is -0.164. The quantitative estimate of drug-likeness (QED) is 0.546. The second-order valence-corrected chi connectivity index (χ2v) is 5.00. The molecule has 2 rings (SSSR count). The Bertz CT molecular complexity index is 317. The molecule has 1 heterocycles. The van der Waals surface area contributed by atoms with Crippen LogP contribution in [-0.4, -0.2) is 30.1 Å². The second kappa shape index (κ2) is 4.77. The van der Waals surface area contributed by atoms with E-state index in [4.69, 9.17) is 9.47 Å². The first-order chi connectivity index (χ1) is 8.10. The van der Waals surface area contributed by atoms with E-state index in [1.807, 2.05) is 6.92 Å². The predicted molar refractivity (Wildman–Crippen MR) is 61.5 cm³/mol. The molecule has 0 radical (unpaired) electrons. The van der Waals surface area contributed by atoms with Crippen LogP contribution in [0.4, 0.5) is 0 Å². The first-order valence-electron chi connectivity index (χ1n) is 6.49. The van der Waals surface area contributed by atoms with Crippen molar-refractivity contribution in [1.82, 2.24) is 0 Å². The number of ketones is 1. The van der Waals surface area contributed by atoms with Gasteiger partial charge in [0.2, 0.25) is 6.10 Å². The zero-order chi connectivity index (χ0) is 12.5. The lowest BCUT2D eigenvalue weighted by Crippen LogP contribution is -2.38. The van der Waals surface area contributed by atoms with E-state index in [9.17, 15) is 9.59 Å². The normalized spacial score (nSPS) is 31.8. The van der Waals surface area contributed by atoms with Gasteiger partial charge >= 0.3 is 5.97 Å². The Morgan fingerprint density at radius 1 is 1.41 bits per heavy atom. The lowest BCUT2D eigenvalue weighted by atomic mass is 9.76. The third kappa shape index (κ3) is 2.10. The molecule has 0 aromatic carbocycles. The third-order valence-electron chi connectivity index (χ3n) is 4.03. The molecule has 17 heavy (non-hydrogen) atoms. The topological polar surface area (TPSA) is 52.6 Å². The summed E-state index contributed by atoms with van der Waals surface area (Å²) in [4.78, 5) is 23.7. The smallest absolute Gasteiger partial charge is 0.343 e. The number of ether oxygens (including phenoxy) is 2. The molecule has 4 nitrogen and oxygen atoms in total. The first-order valence-corrected chi connectivity index (χ1v) is 6.49. The number of carbonyl (C=O) groups is 2. The van der Waals surface area contributed by atoms with Gasteiger partial charge in [0.1, 0.15) is 0 Å². The average molecular weight is 240 g/mol. The monoisotopic (exact) mass is 240 g/mol. The molecule has 96 valence electrons. The van der Waals surface area contributed by atoms with Crippen molar-refractivity contribution < 1.29 is 19.1 Å². The minimum Gasteiger partial charge on any atom is -0.464 e. The molecular formula is C13H20O4. The van der Waals surface area contributed by atoms with Crippen LogP contribution in [0.3, 0.4) is 0 Å². The summed E-state index contributed by atoms with van der Waals surface area (Å²) in [5, 5.41) is 0. The number of Topliss-reactive ketones (excluding diaryl/α,β-unsaturated/α-hetero) is 1. The van der Waals surface area contributed by atoms with Crippen LogP contribution >= 0.6 is 0 Å². The Hall–Kier alpha value is -0.900. The highest BCUT2D eigenvalue weighted by Crippen LogP contribution is 2.44. The second-order valence-electron chi connectivity index (χ2n) is 5.00. The van der Waals surface area contributed by atoms with E-state index in [-0.39, 0.29) is 18.3 Å². The molecule has 0 bridgehead atoms. The molecule has 4 heteroatoms. The largest absolute Gasteiger partial charge is 0.464 e. The highest BCUT2D eigenvalue weighted by atomic mass is 16.6. The van der Waals surface area contributed by atoms with Gasteiger partial charge in [-0.25, -0.2) is 4.79 Å². The average Bonchev–Trinajstić information content (AvgIpc) is 2.57. The fourth-order valence-corrected chi connectivity index (χ4v) is 2.96. The van der Waals surface area contributed by atoms with Gasteiger partial charge in [-0.1, -0.05) is 26.2 Å². The Morgan fingerprint density at radius 3 is 2.65 bits per heavy atom. The Balaban J connectivity index is 2.13. The molecule has 2 fully saturated rings. The minimum absolute atomic E-state index is 0.106. The van der Waals surface area contributed by atoms with Crippen LogP contribution in [0.15, 0.2) is 0 Å². The summed E-state index contributed by atoms with van der Waals surface area (Å²) in [7, 11) is 0. The van der Waals surface area contributed by atoms with Crippen molar-refractivity contribution in [2.75, 3.05) is 6.61 Å². The highest BCUT2D eigenvalue weighted by Gasteiger charge is 2.54. The van der Waals surface area contributed by atoms with Crippen LogP contribution in [0.2, 0.25) is 0 Å². The highest BCUT2D eigenvalue weighted by molar-refractivity contribution is 6.05. The van der Waals surface area contributed by atoms with Crippen molar-refractivity contribution in [1.29, 1.82) is 0 Å². The fraction of sp³-hybridized carbons (Fsp3) is 0.846. The first kappa shape index (κ1) is 12.6. The molecule has 1 aliphatic carbocycles. The molecule has 2 aliphatic rings. The summed E-state index contributed by atoms with van der Waals surface area (Å²) >= 11 is 0. The van der Waals surface area contributed by atoms with Gasteiger partial charge in [-0.2, -0.15) is 0 Å². The van der Waals surface area contributed by atoms with Gasteiger partial charge in [-0.15, -0.1) is 0 Å². The summed E-state index contributed by atoms with van der Waals surface area (Å²) in [6, 6.07) is 0. The Morgan fingerprint density at radius 2 is 2.06 bits per heavy atom. The van der Waals surface area contributed by atoms with Gasteiger partial charge in [-0.3, -0.25) is 4.79 Å². The van der Waals surface area contributed by atoms with E-state index < -0.39 is 17.7 Å². The summed E-state index contributed by atoms with van der Waals surface area (Å²) in [6.45, 7) is 3.90. The SMILES string of the molecule is CCOC(=O)C1OC2(CCCCC2)C(C)C1=O. The number of rotatable bonds is 2. The standard InChI is InChI=1S/C13H20O4/c1-3-16-12(15)11-10(14)9(2)13(17-11)7-5-4-6-8-13/h9,11H,3-8H2,1-2H3.